The average Bonchev–Trinajstić information content (AvgIpc) is 3.13. The molecule has 3 amide bonds. The maximum absolute atomic E-state index is 12.7. The average molecular weight is 433 g/mol. The topological polar surface area (TPSA) is 119 Å². The van der Waals surface area contributed by atoms with E-state index in [1.54, 1.807) is 4.90 Å². The summed E-state index contributed by atoms with van der Waals surface area (Å²) in [6.45, 7) is 0.860. The number of likely N-dealkylation sites (tertiary alicyclic amines) is 1. The van der Waals surface area contributed by atoms with Gasteiger partial charge in [-0.25, -0.2) is 0 Å². The smallest absolute Gasteiger partial charge is 0.294 e. The molecule has 3 aliphatic rings. The van der Waals surface area contributed by atoms with Crippen molar-refractivity contribution in [3.05, 3.63) is 32.7 Å². The Labute approximate surface area is 175 Å². The van der Waals surface area contributed by atoms with Crippen LogP contribution in [0.3, 0.4) is 0 Å². The van der Waals surface area contributed by atoms with Crippen LogP contribution in [0.4, 0.5) is 10.5 Å². The molecule has 11 heteroatoms. The number of nitro benzene ring substituents is 1. The van der Waals surface area contributed by atoms with Crippen molar-refractivity contribution in [2.45, 2.75) is 25.7 Å². The lowest BCUT2D eigenvalue weighted by Gasteiger charge is -2.22. The number of rotatable bonds is 4. The molecule has 0 N–H and O–H groups in total. The van der Waals surface area contributed by atoms with E-state index in [1.807, 2.05) is 0 Å². The molecule has 0 atom stereocenters. The Kier molecular flexibility index (Phi) is 5.62. The fraction of sp³-hybridized carbons (Fsp3) is 0.421. The number of nitro groups is 1. The normalized spacial score (nSPS) is 20.1. The van der Waals surface area contributed by atoms with Crippen LogP contribution in [0, 0.1) is 10.1 Å². The number of imide groups is 1. The molecule has 1 aromatic rings. The van der Waals surface area contributed by atoms with Gasteiger partial charge in [0, 0.05) is 13.1 Å². The zero-order valence-electron chi connectivity index (χ0n) is 16.0. The van der Waals surface area contributed by atoms with Crippen LogP contribution < -0.4 is 9.47 Å². The van der Waals surface area contributed by atoms with Crippen LogP contribution in [-0.4, -0.2) is 58.2 Å². The van der Waals surface area contributed by atoms with Crippen LogP contribution in [0.25, 0.3) is 6.08 Å². The summed E-state index contributed by atoms with van der Waals surface area (Å²) >= 11 is 0.656. The number of thioether (sulfide) groups is 1. The van der Waals surface area contributed by atoms with Gasteiger partial charge < -0.3 is 14.4 Å². The first kappa shape index (κ1) is 20.2. The van der Waals surface area contributed by atoms with Crippen LogP contribution in [-0.2, 0) is 9.59 Å². The lowest BCUT2D eigenvalue weighted by Crippen LogP contribution is -2.42. The second-order valence-electron chi connectivity index (χ2n) is 7.08. The number of benzene rings is 1. The Balaban J connectivity index is 1.55. The largest absolute Gasteiger partial charge is 0.454 e. The van der Waals surface area contributed by atoms with Crippen LogP contribution in [0.2, 0.25) is 0 Å². The fourth-order valence-corrected chi connectivity index (χ4v) is 4.38. The molecule has 4 rings (SSSR count). The molecule has 0 radical (unpaired) electrons. The SMILES string of the molecule is O=C(CN1C(=O)SC(=Cc2cc3c(cc2[N+](=O)[O-])OCO3)C1=O)N1CCCCCC1. The molecule has 0 aliphatic carbocycles. The summed E-state index contributed by atoms with van der Waals surface area (Å²) in [5.74, 6) is -0.341. The van der Waals surface area contributed by atoms with Crippen molar-refractivity contribution in [1.82, 2.24) is 9.80 Å². The van der Waals surface area contributed by atoms with Crippen molar-refractivity contribution in [3.63, 3.8) is 0 Å². The Morgan fingerprint density at radius 1 is 1.13 bits per heavy atom. The van der Waals surface area contributed by atoms with Gasteiger partial charge in [0.1, 0.15) is 6.54 Å². The molecule has 0 unspecified atom stereocenters. The molecule has 0 aromatic heterocycles. The predicted octanol–water partition coefficient (Wildman–Crippen LogP) is 2.76. The highest BCUT2D eigenvalue weighted by Gasteiger charge is 2.38. The number of amides is 3. The van der Waals surface area contributed by atoms with Crippen molar-refractivity contribution in [2.75, 3.05) is 26.4 Å². The first-order valence-corrected chi connectivity index (χ1v) is 10.4. The highest BCUT2D eigenvalue weighted by Crippen LogP contribution is 2.40. The van der Waals surface area contributed by atoms with Gasteiger partial charge in [-0.05, 0) is 36.7 Å². The van der Waals surface area contributed by atoms with E-state index in [1.165, 1.54) is 18.2 Å². The molecule has 3 aliphatic heterocycles. The van der Waals surface area contributed by atoms with Crippen molar-refractivity contribution in [3.8, 4) is 11.5 Å². The molecule has 158 valence electrons. The summed E-state index contributed by atoms with van der Waals surface area (Å²) in [5, 5.41) is 10.8. The molecule has 2 fully saturated rings. The zero-order chi connectivity index (χ0) is 21.3. The van der Waals surface area contributed by atoms with Crippen LogP contribution in [0.5, 0.6) is 11.5 Å². The molecule has 0 bridgehead atoms. The van der Waals surface area contributed by atoms with Gasteiger partial charge >= 0.3 is 0 Å². The van der Waals surface area contributed by atoms with Crippen LogP contribution in [0.1, 0.15) is 31.2 Å². The van der Waals surface area contributed by atoms with Gasteiger partial charge in [0.15, 0.2) is 11.5 Å². The monoisotopic (exact) mass is 433 g/mol. The van der Waals surface area contributed by atoms with Crippen molar-refractivity contribution in [2.24, 2.45) is 0 Å². The minimum Gasteiger partial charge on any atom is -0.454 e. The van der Waals surface area contributed by atoms with Gasteiger partial charge in [-0.3, -0.25) is 29.4 Å². The maximum Gasteiger partial charge on any atom is 0.294 e. The van der Waals surface area contributed by atoms with E-state index >= 15 is 0 Å². The van der Waals surface area contributed by atoms with Gasteiger partial charge in [-0.2, -0.15) is 0 Å². The lowest BCUT2D eigenvalue weighted by atomic mass is 10.1. The van der Waals surface area contributed by atoms with Crippen LogP contribution >= 0.6 is 11.8 Å². The molecule has 0 saturated carbocycles. The third-order valence-electron chi connectivity index (χ3n) is 5.13. The number of carbonyl (C=O) groups is 3. The number of ether oxygens (including phenoxy) is 2. The van der Waals surface area contributed by atoms with Crippen molar-refractivity contribution >= 4 is 40.6 Å². The maximum atomic E-state index is 12.7. The van der Waals surface area contributed by atoms with E-state index in [0.29, 0.717) is 30.6 Å². The number of nitrogens with zero attached hydrogens (tertiary/aromatic N) is 3. The molecular weight excluding hydrogens is 414 g/mol. The standard InChI is InChI=1S/C19H19N3O7S/c23-17(20-5-3-1-2-4-6-20)10-21-18(24)16(30-19(21)25)8-12-7-14-15(29-11-28-14)9-13(12)22(26)27/h7-9H,1-6,10-11H2. The lowest BCUT2D eigenvalue weighted by molar-refractivity contribution is -0.385. The number of fused-ring (bicyclic) bond motifs is 1. The van der Waals surface area contributed by atoms with E-state index in [9.17, 15) is 24.5 Å². The summed E-state index contributed by atoms with van der Waals surface area (Å²) in [6.07, 6.45) is 5.20. The van der Waals surface area contributed by atoms with Gasteiger partial charge in [0.05, 0.1) is 21.5 Å². The number of hydrogen-bond acceptors (Lipinski definition) is 8. The molecule has 2 saturated heterocycles. The second-order valence-corrected chi connectivity index (χ2v) is 8.08. The molecule has 10 nitrogen and oxygen atoms in total. The third-order valence-corrected chi connectivity index (χ3v) is 6.04. The quantitative estimate of drug-likeness (QED) is 0.404. The fourth-order valence-electron chi connectivity index (χ4n) is 3.55. The minimum atomic E-state index is -0.639. The summed E-state index contributed by atoms with van der Waals surface area (Å²) < 4.78 is 10.4. The van der Waals surface area contributed by atoms with E-state index in [-0.39, 0.29) is 41.2 Å². The molecule has 1 aromatic carbocycles. The Morgan fingerprint density at radius 2 is 1.80 bits per heavy atom. The summed E-state index contributed by atoms with van der Waals surface area (Å²) in [4.78, 5) is 51.1. The summed E-state index contributed by atoms with van der Waals surface area (Å²) in [6, 6.07) is 2.62. The van der Waals surface area contributed by atoms with E-state index in [0.717, 1.165) is 30.6 Å². The van der Waals surface area contributed by atoms with Gasteiger partial charge in [-0.15, -0.1) is 0 Å². The van der Waals surface area contributed by atoms with E-state index in [4.69, 9.17) is 9.47 Å². The van der Waals surface area contributed by atoms with Gasteiger partial charge in [0.25, 0.3) is 16.8 Å². The minimum absolute atomic E-state index is 0.0191. The Bertz CT molecular complexity index is 954. The van der Waals surface area contributed by atoms with Gasteiger partial charge in [0.2, 0.25) is 12.7 Å². The van der Waals surface area contributed by atoms with E-state index < -0.39 is 16.1 Å². The molecule has 0 spiro atoms. The highest BCUT2D eigenvalue weighted by atomic mass is 32.2. The molecule has 3 heterocycles. The number of carbonyl (C=O) groups excluding carboxylic acids is 3. The zero-order valence-corrected chi connectivity index (χ0v) is 16.8. The van der Waals surface area contributed by atoms with Crippen molar-refractivity contribution < 1.29 is 28.8 Å². The van der Waals surface area contributed by atoms with Crippen LogP contribution in [0.15, 0.2) is 17.0 Å². The highest BCUT2D eigenvalue weighted by molar-refractivity contribution is 8.18. The van der Waals surface area contributed by atoms with E-state index in [2.05, 4.69) is 0 Å². The predicted molar refractivity (Wildman–Crippen MR) is 107 cm³/mol. The van der Waals surface area contributed by atoms with Gasteiger partial charge in [-0.1, -0.05) is 12.8 Å². The first-order chi connectivity index (χ1) is 14.4. The second kappa shape index (κ2) is 8.34. The Hall–Kier alpha value is -3.08. The Morgan fingerprint density at radius 3 is 2.47 bits per heavy atom. The summed E-state index contributed by atoms with van der Waals surface area (Å²) in [7, 11) is 0. The number of hydrogen-bond donors (Lipinski definition) is 0. The molecular formula is C19H19N3O7S. The van der Waals surface area contributed by atoms with Crippen molar-refractivity contribution in [1.29, 1.82) is 0 Å². The first-order valence-electron chi connectivity index (χ1n) is 9.55. The summed E-state index contributed by atoms with van der Waals surface area (Å²) in [5.41, 5.74) is -0.153. The third kappa shape index (κ3) is 3.97. The molecule has 30 heavy (non-hydrogen) atoms.